The van der Waals surface area contributed by atoms with Gasteiger partial charge in [0.25, 0.3) is 0 Å². The van der Waals surface area contributed by atoms with Crippen molar-refractivity contribution >= 4 is 11.8 Å². The molecular weight excluding hydrogens is 278 g/mol. The number of amides is 2. The van der Waals surface area contributed by atoms with E-state index in [1.165, 1.54) is 5.56 Å². The van der Waals surface area contributed by atoms with Crippen molar-refractivity contribution < 1.29 is 9.59 Å². The molecule has 2 aliphatic heterocycles. The third-order valence-electron chi connectivity index (χ3n) is 4.58. The predicted molar refractivity (Wildman–Crippen MR) is 84.0 cm³/mol. The van der Waals surface area contributed by atoms with E-state index in [-0.39, 0.29) is 23.8 Å². The van der Waals surface area contributed by atoms with Crippen LogP contribution in [0.5, 0.6) is 0 Å². The van der Waals surface area contributed by atoms with Gasteiger partial charge < -0.3 is 10.2 Å². The fraction of sp³-hybridized carbons (Fsp3) is 0.529. The second-order valence-electron chi connectivity index (χ2n) is 6.39. The van der Waals surface area contributed by atoms with Crippen molar-refractivity contribution in [2.24, 2.45) is 5.92 Å². The normalized spacial score (nSPS) is 25.7. The van der Waals surface area contributed by atoms with Crippen molar-refractivity contribution in [2.75, 3.05) is 26.7 Å². The zero-order valence-corrected chi connectivity index (χ0v) is 13.0. The number of carbonyl (C=O) groups is 2. The highest BCUT2D eigenvalue weighted by Crippen LogP contribution is 2.18. The topological polar surface area (TPSA) is 52.7 Å². The second-order valence-corrected chi connectivity index (χ2v) is 6.39. The van der Waals surface area contributed by atoms with Crippen LogP contribution in [0.1, 0.15) is 18.4 Å². The minimum atomic E-state index is -0.180. The first kappa shape index (κ1) is 15.0. The minimum absolute atomic E-state index is 0.0317. The van der Waals surface area contributed by atoms with E-state index in [1.807, 2.05) is 6.07 Å². The summed E-state index contributed by atoms with van der Waals surface area (Å²) < 4.78 is 0. The number of nitrogens with one attached hydrogen (secondary N) is 1. The number of likely N-dealkylation sites (tertiary alicyclic amines) is 2. The van der Waals surface area contributed by atoms with Crippen LogP contribution >= 0.6 is 0 Å². The van der Waals surface area contributed by atoms with Crippen LogP contribution in [-0.4, -0.2) is 54.3 Å². The van der Waals surface area contributed by atoms with Crippen LogP contribution in [0.2, 0.25) is 0 Å². The summed E-state index contributed by atoms with van der Waals surface area (Å²) in [5, 5.41) is 3.12. The molecule has 0 spiro atoms. The molecule has 1 aromatic carbocycles. The van der Waals surface area contributed by atoms with E-state index in [9.17, 15) is 9.59 Å². The molecule has 0 saturated carbocycles. The van der Waals surface area contributed by atoms with E-state index in [4.69, 9.17) is 0 Å². The lowest BCUT2D eigenvalue weighted by molar-refractivity contribution is -0.128. The minimum Gasteiger partial charge on any atom is -0.352 e. The van der Waals surface area contributed by atoms with Crippen LogP contribution in [0.4, 0.5) is 0 Å². The highest BCUT2D eigenvalue weighted by Gasteiger charge is 2.34. The molecule has 3 rings (SSSR count). The molecule has 2 fully saturated rings. The van der Waals surface area contributed by atoms with Crippen molar-refractivity contribution in [3.8, 4) is 0 Å². The van der Waals surface area contributed by atoms with Gasteiger partial charge in [-0.25, -0.2) is 0 Å². The lowest BCUT2D eigenvalue weighted by atomic mass is 10.1. The summed E-state index contributed by atoms with van der Waals surface area (Å²) >= 11 is 0. The lowest BCUT2D eigenvalue weighted by Gasteiger charge is -2.18. The molecule has 0 aliphatic carbocycles. The molecule has 0 aromatic heterocycles. The van der Waals surface area contributed by atoms with Crippen molar-refractivity contribution in [1.82, 2.24) is 15.1 Å². The fourth-order valence-corrected chi connectivity index (χ4v) is 3.29. The van der Waals surface area contributed by atoms with Gasteiger partial charge in [-0.05, 0) is 12.0 Å². The standard InChI is InChI=1S/C17H23N3O2/c1-19-11-14(9-16(19)21)17(22)18-15-7-8-20(12-15)10-13-5-3-2-4-6-13/h2-6,14-15H,7-12H2,1H3,(H,18,22)/t14-,15-/m1/s1. The highest BCUT2D eigenvalue weighted by molar-refractivity contribution is 5.89. The molecule has 5 nitrogen and oxygen atoms in total. The zero-order chi connectivity index (χ0) is 15.5. The average Bonchev–Trinajstić information content (AvgIpc) is 3.07. The maximum Gasteiger partial charge on any atom is 0.225 e. The smallest absolute Gasteiger partial charge is 0.225 e. The number of benzene rings is 1. The predicted octanol–water partition coefficient (Wildman–Crippen LogP) is 0.855. The first-order chi connectivity index (χ1) is 10.6. The highest BCUT2D eigenvalue weighted by atomic mass is 16.2. The molecular formula is C17H23N3O2. The monoisotopic (exact) mass is 301 g/mol. The maximum atomic E-state index is 12.2. The van der Waals surface area contributed by atoms with Crippen LogP contribution in [0.25, 0.3) is 0 Å². The summed E-state index contributed by atoms with van der Waals surface area (Å²) in [6.07, 6.45) is 1.33. The van der Waals surface area contributed by atoms with Gasteiger partial charge in [0.2, 0.25) is 11.8 Å². The molecule has 0 unspecified atom stereocenters. The molecule has 0 bridgehead atoms. The molecule has 118 valence electrons. The number of carbonyl (C=O) groups excluding carboxylic acids is 2. The van der Waals surface area contributed by atoms with E-state index in [0.29, 0.717) is 13.0 Å². The van der Waals surface area contributed by atoms with Crippen molar-refractivity contribution in [3.05, 3.63) is 35.9 Å². The van der Waals surface area contributed by atoms with Crippen LogP contribution in [0, 0.1) is 5.92 Å². The Bertz CT molecular complexity index is 546. The fourth-order valence-electron chi connectivity index (χ4n) is 3.29. The average molecular weight is 301 g/mol. The van der Waals surface area contributed by atoms with E-state index < -0.39 is 0 Å². The van der Waals surface area contributed by atoms with Crippen LogP contribution < -0.4 is 5.32 Å². The van der Waals surface area contributed by atoms with Gasteiger partial charge in [-0.3, -0.25) is 14.5 Å². The largest absolute Gasteiger partial charge is 0.352 e. The molecule has 1 aromatic rings. The third-order valence-corrected chi connectivity index (χ3v) is 4.58. The SMILES string of the molecule is CN1C[C@H](C(=O)N[C@@H]2CCN(Cc3ccccc3)C2)CC1=O. The number of hydrogen-bond donors (Lipinski definition) is 1. The number of nitrogens with zero attached hydrogens (tertiary/aromatic N) is 2. The quantitative estimate of drug-likeness (QED) is 0.897. The zero-order valence-electron chi connectivity index (χ0n) is 13.0. The summed E-state index contributed by atoms with van der Waals surface area (Å²) in [6.45, 7) is 3.36. The molecule has 1 N–H and O–H groups in total. The Hall–Kier alpha value is -1.88. The molecule has 2 amide bonds. The molecule has 22 heavy (non-hydrogen) atoms. The summed E-state index contributed by atoms with van der Waals surface area (Å²) in [7, 11) is 1.76. The summed E-state index contributed by atoms with van der Waals surface area (Å²) in [6, 6.07) is 10.6. The number of rotatable bonds is 4. The Morgan fingerprint density at radius 1 is 1.27 bits per heavy atom. The summed E-state index contributed by atoms with van der Waals surface area (Å²) in [4.78, 5) is 27.8. The Morgan fingerprint density at radius 3 is 2.73 bits per heavy atom. The van der Waals surface area contributed by atoms with Crippen LogP contribution in [0.3, 0.4) is 0 Å². The van der Waals surface area contributed by atoms with Crippen molar-refractivity contribution in [3.63, 3.8) is 0 Å². The van der Waals surface area contributed by atoms with Crippen molar-refractivity contribution in [1.29, 1.82) is 0 Å². The van der Waals surface area contributed by atoms with Crippen LogP contribution in [0.15, 0.2) is 30.3 Å². The maximum absolute atomic E-state index is 12.2. The van der Waals surface area contributed by atoms with Gasteiger partial charge in [-0.1, -0.05) is 30.3 Å². The van der Waals surface area contributed by atoms with Gasteiger partial charge in [0.05, 0.1) is 5.92 Å². The van der Waals surface area contributed by atoms with Gasteiger partial charge in [0.15, 0.2) is 0 Å². The Kier molecular flexibility index (Phi) is 4.43. The van der Waals surface area contributed by atoms with Crippen molar-refractivity contribution in [2.45, 2.75) is 25.4 Å². The van der Waals surface area contributed by atoms with Gasteiger partial charge in [-0.2, -0.15) is 0 Å². The molecule has 2 aliphatic rings. The van der Waals surface area contributed by atoms with Crippen LogP contribution in [-0.2, 0) is 16.1 Å². The number of hydrogen-bond acceptors (Lipinski definition) is 3. The van der Waals surface area contributed by atoms with E-state index in [2.05, 4.69) is 34.5 Å². The van der Waals surface area contributed by atoms with E-state index in [1.54, 1.807) is 11.9 Å². The van der Waals surface area contributed by atoms with E-state index in [0.717, 1.165) is 26.1 Å². The van der Waals surface area contributed by atoms with Gasteiger partial charge in [0.1, 0.15) is 0 Å². The molecule has 0 radical (unpaired) electrons. The van der Waals surface area contributed by atoms with Gasteiger partial charge in [0, 0.05) is 45.7 Å². The summed E-state index contributed by atoms with van der Waals surface area (Å²) in [5.41, 5.74) is 1.30. The molecule has 2 atom stereocenters. The summed E-state index contributed by atoms with van der Waals surface area (Å²) in [5.74, 6) is -0.0813. The Labute approximate surface area is 131 Å². The first-order valence-electron chi connectivity index (χ1n) is 7.92. The Balaban J connectivity index is 1.47. The van der Waals surface area contributed by atoms with E-state index >= 15 is 0 Å². The van der Waals surface area contributed by atoms with Gasteiger partial charge >= 0.3 is 0 Å². The molecule has 2 saturated heterocycles. The van der Waals surface area contributed by atoms with Gasteiger partial charge in [-0.15, -0.1) is 0 Å². The second kappa shape index (κ2) is 6.48. The first-order valence-corrected chi connectivity index (χ1v) is 7.92. The Morgan fingerprint density at radius 2 is 2.05 bits per heavy atom. The molecule has 2 heterocycles. The lowest BCUT2D eigenvalue weighted by Crippen LogP contribution is -2.41. The molecule has 5 heteroatoms. The third kappa shape index (κ3) is 3.47.